The van der Waals surface area contributed by atoms with Crippen LogP contribution in [0.2, 0.25) is 0 Å². The van der Waals surface area contributed by atoms with Crippen LogP contribution in [0.4, 0.5) is 0 Å². The molecule has 1 aliphatic carbocycles. The molecule has 102 valence electrons. The van der Waals surface area contributed by atoms with Gasteiger partial charge in [-0.15, -0.1) is 0 Å². The number of rotatable bonds is 1. The van der Waals surface area contributed by atoms with Crippen molar-refractivity contribution in [2.75, 3.05) is 7.11 Å². The molecule has 0 fully saturated rings. The van der Waals surface area contributed by atoms with Crippen LogP contribution in [0.5, 0.6) is 0 Å². The Morgan fingerprint density at radius 2 is 1.75 bits per heavy atom. The van der Waals surface area contributed by atoms with E-state index in [4.69, 9.17) is 4.74 Å². The second-order valence-corrected chi connectivity index (χ2v) is 5.43. The van der Waals surface area contributed by atoms with Gasteiger partial charge in [0, 0.05) is 0 Å². The normalized spacial score (nSPS) is 12.6. The lowest BCUT2D eigenvalue weighted by Crippen LogP contribution is -2.15. The Labute approximate surface area is 119 Å². The Balaban J connectivity index is 2.14. The number of esters is 1. The van der Waals surface area contributed by atoms with Crippen molar-refractivity contribution in [3.05, 3.63) is 69.3 Å². The minimum absolute atomic E-state index is 0.240. The monoisotopic (exact) mass is 266 g/mol. The Morgan fingerprint density at radius 1 is 1.00 bits per heavy atom. The molecule has 2 aromatic carbocycles. The Bertz CT molecular complexity index is 699. The summed E-state index contributed by atoms with van der Waals surface area (Å²) in [4.78, 5) is 11.9. The SMILES string of the molecule is COC(=O)c1cccc2c1Cc1c(ccc(C)c1C)C2. The van der Waals surface area contributed by atoms with Crippen molar-refractivity contribution < 1.29 is 9.53 Å². The molecule has 0 saturated carbocycles. The molecule has 2 heteroatoms. The highest BCUT2D eigenvalue weighted by Gasteiger charge is 2.22. The van der Waals surface area contributed by atoms with Gasteiger partial charge in [-0.1, -0.05) is 24.3 Å². The fraction of sp³-hybridized carbons (Fsp3) is 0.278. The summed E-state index contributed by atoms with van der Waals surface area (Å²) < 4.78 is 4.91. The Hall–Kier alpha value is -2.09. The predicted octanol–water partition coefficient (Wildman–Crippen LogP) is 3.59. The van der Waals surface area contributed by atoms with Gasteiger partial charge in [0.15, 0.2) is 0 Å². The molecular formula is C18H18O2. The Kier molecular flexibility index (Phi) is 3.09. The number of hydrogen-bond donors (Lipinski definition) is 0. The maximum Gasteiger partial charge on any atom is 0.338 e. The van der Waals surface area contributed by atoms with Crippen molar-refractivity contribution >= 4 is 5.97 Å². The van der Waals surface area contributed by atoms with Crippen LogP contribution in [0.25, 0.3) is 0 Å². The third-order valence-corrected chi connectivity index (χ3v) is 4.38. The van der Waals surface area contributed by atoms with Crippen molar-refractivity contribution in [2.24, 2.45) is 0 Å². The first-order valence-electron chi connectivity index (χ1n) is 6.89. The minimum Gasteiger partial charge on any atom is -0.465 e. The average Bonchev–Trinajstić information content (AvgIpc) is 2.48. The summed E-state index contributed by atoms with van der Waals surface area (Å²) in [5, 5.41) is 0. The van der Waals surface area contributed by atoms with Gasteiger partial charge in [-0.2, -0.15) is 0 Å². The summed E-state index contributed by atoms with van der Waals surface area (Å²) in [6, 6.07) is 10.3. The molecule has 0 radical (unpaired) electrons. The first kappa shape index (κ1) is 12.9. The molecule has 0 bridgehead atoms. The van der Waals surface area contributed by atoms with Gasteiger partial charge in [0.1, 0.15) is 0 Å². The van der Waals surface area contributed by atoms with Crippen molar-refractivity contribution in [3.63, 3.8) is 0 Å². The highest BCUT2D eigenvalue weighted by atomic mass is 16.5. The maximum atomic E-state index is 11.9. The van der Waals surface area contributed by atoms with E-state index in [-0.39, 0.29) is 5.97 Å². The van der Waals surface area contributed by atoms with Crippen LogP contribution in [0.15, 0.2) is 30.3 Å². The van der Waals surface area contributed by atoms with E-state index in [2.05, 4.69) is 32.0 Å². The lowest BCUT2D eigenvalue weighted by molar-refractivity contribution is 0.0599. The van der Waals surface area contributed by atoms with E-state index in [9.17, 15) is 4.79 Å². The van der Waals surface area contributed by atoms with E-state index in [1.165, 1.54) is 34.9 Å². The zero-order valence-electron chi connectivity index (χ0n) is 12.1. The van der Waals surface area contributed by atoms with Crippen molar-refractivity contribution in [2.45, 2.75) is 26.7 Å². The molecule has 0 spiro atoms. The summed E-state index contributed by atoms with van der Waals surface area (Å²) in [6.45, 7) is 4.30. The number of methoxy groups -OCH3 is 1. The fourth-order valence-electron chi connectivity index (χ4n) is 3.03. The van der Waals surface area contributed by atoms with E-state index in [0.717, 1.165) is 18.4 Å². The quantitative estimate of drug-likeness (QED) is 0.629. The summed E-state index contributed by atoms with van der Waals surface area (Å²) in [5.74, 6) is -0.240. The predicted molar refractivity (Wildman–Crippen MR) is 79.3 cm³/mol. The average molecular weight is 266 g/mol. The summed E-state index contributed by atoms with van der Waals surface area (Å²) in [7, 11) is 1.44. The van der Waals surface area contributed by atoms with Crippen LogP contribution in [0.3, 0.4) is 0 Å². The molecule has 0 unspecified atom stereocenters. The number of ether oxygens (including phenoxy) is 1. The molecule has 2 nitrogen and oxygen atoms in total. The molecule has 0 atom stereocenters. The van der Waals surface area contributed by atoms with Crippen molar-refractivity contribution in [1.82, 2.24) is 0 Å². The molecule has 0 aromatic heterocycles. The summed E-state index contributed by atoms with van der Waals surface area (Å²) in [6.07, 6.45) is 1.72. The van der Waals surface area contributed by atoms with Crippen molar-refractivity contribution in [3.8, 4) is 0 Å². The van der Waals surface area contributed by atoms with Gasteiger partial charge in [0.2, 0.25) is 0 Å². The van der Waals surface area contributed by atoms with Crippen LogP contribution in [-0.4, -0.2) is 13.1 Å². The molecular weight excluding hydrogens is 248 g/mol. The third kappa shape index (κ3) is 1.92. The van der Waals surface area contributed by atoms with Crippen molar-refractivity contribution in [1.29, 1.82) is 0 Å². The number of carbonyl (C=O) groups is 1. The molecule has 0 saturated heterocycles. The second kappa shape index (κ2) is 4.78. The molecule has 0 N–H and O–H groups in total. The number of fused-ring (bicyclic) bond motifs is 2. The van der Waals surface area contributed by atoms with Crippen LogP contribution in [-0.2, 0) is 17.6 Å². The first-order valence-corrected chi connectivity index (χ1v) is 6.89. The zero-order chi connectivity index (χ0) is 14.3. The van der Waals surface area contributed by atoms with E-state index < -0.39 is 0 Å². The standard InChI is InChI=1S/C18H18O2/c1-11-7-8-14-9-13-5-4-6-15(18(19)20-3)17(13)10-16(14)12(11)2/h4-8H,9-10H2,1-3H3. The van der Waals surface area contributed by atoms with Gasteiger partial charge >= 0.3 is 5.97 Å². The third-order valence-electron chi connectivity index (χ3n) is 4.38. The molecule has 0 heterocycles. The van der Waals surface area contributed by atoms with Gasteiger partial charge in [0.05, 0.1) is 12.7 Å². The van der Waals surface area contributed by atoms with Crippen LogP contribution < -0.4 is 0 Å². The minimum atomic E-state index is -0.240. The van der Waals surface area contributed by atoms with Crippen LogP contribution in [0.1, 0.15) is 43.7 Å². The van der Waals surface area contributed by atoms with Gasteiger partial charge in [-0.25, -0.2) is 4.79 Å². The lowest BCUT2D eigenvalue weighted by atomic mass is 9.81. The van der Waals surface area contributed by atoms with Gasteiger partial charge in [-0.05, 0) is 66.1 Å². The molecule has 20 heavy (non-hydrogen) atoms. The number of benzene rings is 2. The van der Waals surface area contributed by atoms with Crippen LogP contribution in [0, 0.1) is 13.8 Å². The van der Waals surface area contributed by atoms with Gasteiger partial charge in [-0.3, -0.25) is 0 Å². The smallest absolute Gasteiger partial charge is 0.338 e. The van der Waals surface area contributed by atoms with E-state index in [1.54, 1.807) is 0 Å². The molecule has 2 aromatic rings. The highest BCUT2D eigenvalue weighted by molar-refractivity contribution is 5.91. The fourth-order valence-corrected chi connectivity index (χ4v) is 3.03. The molecule has 0 amide bonds. The summed E-state index contributed by atoms with van der Waals surface area (Å²) >= 11 is 0. The topological polar surface area (TPSA) is 26.3 Å². The van der Waals surface area contributed by atoms with E-state index in [0.29, 0.717) is 5.56 Å². The largest absolute Gasteiger partial charge is 0.465 e. The molecule has 3 rings (SSSR count). The van der Waals surface area contributed by atoms with E-state index in [1.807, 2.05) is 12.1 Å². The Morgan fingerprint density at radius 3 is 2.50 bits per heavy atom. The number of hydrogen-bond acceptors (Lipinski definition) is 2. The summed E-state index contributed by atoms with van der Waals surface area (Å²) in [5.41, 5.74) is 8.47. The maximum absolute atomic E-state index is 11.9. The highest BCUT2D eigenvalue weighted by Crippen LogP contribution is 2.32. The van der Waals surface area contributed by atoms with E-state index >= 15 is 0 Å². The number of aryl methyl sites for hydroxylation is 1. The van der Waals surface area contributed by atoms with Gasteiger partial charge in [0.25, 0.3) is 0 Å². The lowest BCUT2D eigenvalue weighted by Gasteiger charge is -2.24. The van der Waals surface area contributed by atoms with Crippen LogP contribution >= 0.6 is 0 Å². The second-order valence-electron chi connectivity index (χ2n) is 5.43. The van der Waals surface area contributed by atoms with Gasteiger partial charge < -0.3 is 4.74 Å². The molecule has 0 aliphatic heterocycles. The zero-order valence-corrected chi connectivity index (χ0v) is 12.1. The molecule has 1 aliphatic rings. The first-order chi connectivity index (χ1) is 9.61. The number of carbonyl (C=O) groups excluding carboxylic acids is 1.